The van der Waals surface area contributed by atoms with Crippen molar-refractivity contribution < 1.29 is 9.53 Å². The van der Waals surface area contributed by atoms with Gasteiger partial charge in [-0.25, -0.2) is 4.98 Å². The highest BCUT2D eigenvalue weighted by Gasteiger charge is 2.14. The third-order valence-corrected chi connectivity index (χ3v) is 5.31. The van der Waals surface area contributed by atoms with Crippen molar-refractivity contribution >= 4 is 38.4 Å². The summed E-state index contributed by atoms with van der Waals surface area (Å²) in [4.78, 5) is 29.6. The van der Waals surface area contributed by atoms with Gasteiger partial charge in [-0.1, -0.05) is 22.4 Å². The minimum Gasteiger partial charge on any atom is -0.484 e. The maximum absolute atomic E-state index is 12.9. The number of fused-ring (bicyclic) bond motifs is 2. The second-order valence-electron chi connectivity index (χ2n) is 6.82. The Bertz CT molecular complexity index is 1080. The van der Waals surface area contributed by atoms with Gasteiger partial charge in [-0.05, 0) is 55.3 Å². The number of anilines is 1. The predicted octanol–water partition coefficient (Wildman–Crippen LogP) is 3.90. The van der Waals surface area contributed by atoms with E-state index < -0.39 is 0 Å². The van der Waals surface area contributed by atoms with E-state index in [9.17, 15) is 9.59 Å². The summed E-state index contributed by atoms with van der Waals surface area (Å²) >= 11 is 3.36. The third-order valence-electron chi connectivity index (χ3n) is 4.78. The number of halogens is 1. The van der Waals surface area contributed by atoms with Gasteiger partial charge in [0.15, 0.2) is 6.61 Å². The number of aromatic nitrogens is 2. The number of nitrogens with zero attached hydrogens (tertiary/aromatic N) is 2. The summed E-state index contributed by atoms with van der Waals surface area (Å²) < 4.78 is 8.32. The van der Waals surface area contributed by atoms with Crippen LogP contribution in [0.2, 0.25) is 0 Å². The minimum absolute atomic E-state index is 0.0355. The van der Waals surface area contributed by atoms with Crippen LogP contribution in [0.25, 0.3) is 10.9 Å². The van der Waals surface area contributed by atoms with Crippen LogP contribution in [0.5, 0.6) is 5.75 Å². The number of ether oxygens (including phenoxy) is 1. The Kier molecular flexibility index (Phi) is 5.43. The second kappa shape index (κ2) is 8.14. The standard InChI is InChI=1S/C21H20BrN3O3/c22-14-5-7-15(8-6-14)23-20(26)13-28-16-9-10-18-17(12-16)21(27)25-11-3-1-2-4-19(25)24-18/h5-10,12H,1-4,11,13H2,(H,23,26). The number of hydrogen-bond acceptors (Lipinski definition) is 4. The van der Waals surface area contributed by atoms with E-state index in [1.165, 1.54) is 0 Å². The number of carbonyl (C=O) groups excluding carboxylic acids is 1. The molecule has 3 aromatic rings. The summed E-state index contributed by atoms with van der Waals surface area (Å²) in [5.74, 6) is 1.07. The van der Waals surface area contributed by atoms with Gasteiger partial charge in [-0.15, -0.1) is 0 Å². The van der Waals surface area contributed by atoms with Gasteiger partial charge in [0.1, 0.15) is 11.6 Å². The number of hydrogen-bond donors (Lipinski definition) is 1. The van der Waals surface area contributed by atoms with Gasteiger partial charge in [0, 0.05) is 23.1 Å². The maximum Gasteiger partial charge on any atom is 0.262 e. The van der Waals surface area contributed by atoms with Crippen molar-refractivity contribution in [1.82, 2.24) is 9.55 Å². The molecule has 0 radical (unpaired) electrons. The fourth-order valence-corrected chi connectivity index (χ4v) is 3.63. The molecule has 4 rings (SSSR count). The van der Waals surface area contributed by atoms with E-state index in [2.05, 4.69) is 26.2 Å². The zero-order valence-electron chi connectivity index (χ0n) is 15.3. The molecule has 28 heavy (non-hydrogen) atoms. The summed E-state index contributed by atoms with van der Waals surface area (Å²) in [6.45, 7) is 0.569. The Morgan fingerprint density at radius 1 is 1.14 bits per heavy atom. The second-order valence-corrected chi connectivity index (χ2v) is 7.73. The maximum atomic E-state index is 12.9. The molecule has 0 fully saturated rings. The highest BCUT2D eigenvalue weighted by Crippen LogP contribution is 2.20. The fraction of sp³-hybridized carbons (Fsp3) is 0.286. The van der Waals surface area contributed by atoms with Gasteiger partial charge >= 0.3 is 0 Å². The van der Waals surface area contributed by atoms with Crippen LogP contribution in [0.1, 0.15) is 25.1 Å². The van der Waals surface area contributed by atoms with Crippen molar-refractivity contribution in [2.24, 2.45) is 0 Å². The lowest BCUT2D eigenvalue weighted by molar-refractivity contribution is -0.118. The van der Waals surface area contributed by atoms with Crippen molar-refractivity contribution in [3.8, 4) is 5.75 Å². The Hall–Kier alpha value is -2.67. The summed E-state index contributed by atoms with van der Waals surface area (Å²) in [6, 6.07) is 12.5. The molecule has 2 aromatic carbocycles. The SMILES string of the molecule is O=C(COc1ccc2nc3n(c(=O)c2c1)CCCCC3)Nc1ccc(Br)cc1. The lowest BCUT2D eigenvalue weighted by Crippen LogP contribution is -2.24. The zero-order valence-corrected chi connectivity index (χ0v) is 16.9. The Morgan fingerprint density at radius 2 is 1.96 bits per heavy atom. The molecule has 0 aliphatic carbocycles. The molecular formula is C21H20BrN3O3. The molecule has 0 saturated carbocycles. The van der Waals surface area contributed by atoms with Crippen molar-refractivity contribution in [3.63, 3.8) is 0 Å². The lowest BCUT2D eigenvalue weighted by Gasteiger charge is -2.11. The molecule has 1 N–H and O–H groups in total. The molecule has 7 heteroatoms. The van der Waals surface area contributed by atoms with Crippen molar-refractivity contribution in [1.29, 1.82) is 0 Å². The van der Waals surface area contributed by atoms with Crippen LogP contribution in [-0.2, 0) is 17.8 Å². The topological polar surface area (TPSA) is 73.2 Å². The molecule has 0 unspecified atom stereocenters. The number of amides is 1. The van der Waals surface area contributed by atoms with Gasteiger partial charge in [0.05, 0.1) is 10.9 Å². The molecule has 1 amide bonds. The molecular weight excluding hydrogens is 422 g/mol. The molecule has 0 bridgehead atoms. The number of benzene rings is 2. The van der Waals surface area contributed by atoms with Crippen molar-refractivity contribution in [2.45, 2.75) is 32.2 Å². The van der Waals surface area contributed by atoms with Crippen LogP contribution in [0.3, 0.4) is 0 Å². The van der Waals surface area contributed by atoms with E-state index in [0.717, 1.165) is 36.0 Å². The molecule has 2 heterocycles. The molecule has 1 aliphatic heterocycles. The molecule has 144 valence electrons. The first kappa shape index (κ1) is 18.7. The van der Waals surface area contributed by atoms with Crippen LogP contribution in [0.4, 0.5) is 5.69 Å². The molecule has 1 aromatic heterocycles. The van der Waals surface area contributed by atoms with Crippen molar-refractivity contribution in [2.75, 3.05) is 11.9 Å². The van der Waals surface area contributed by atoms with E-state index >= 15 is 0 Å². The predicted molar refractivity (Wildman–Crippen MR) is 112 cm³/mol. The van der Waals surface area contributed by atoms with Crippen LogP contribution in [0, 0.1) is 0 Å². The highest BCUT2D eigenvalue weighted by atomic mass is 79.9. The molecule has 0 spiro atoms. The summed E-state index contributed by atoms with van der Waals surface area (Å²) in [5.41, 5.74) is 1.33. The Morgan fingerprint density at radius 3 is 2.79 bits per heavy atom. The lowest BCUT2D eigenvalue weighted by atomic mass is 10.2. The first-order valence-electron chi connectivity index (χ1n) is 9.32. The monoisotopic (exact) mass is 441 g/mol. The average molecular weight is 442 g/mol. The molecule has 0 atom stereocenters. The average Bonchev–Trinajstić information content (AvgIpc) is 2.94. The number of carbonyl (C=O) groups is 1. The zero-order chi connectivity index (χ0) is 19.5. The van der Waals surface area contributed by atoms with Crippen LogP contribution in [-0.4, -0.2) is 22.1 Å². The van der Waals surface area contributed by atoms with Crippen LogP contribution >= 0.6 is 15.9 Å². The van der Waals surface area contributed by atoms with E-state index in [1.807, 2.05) is 12.1 Å². The first-order chi connectivity index (χ1) is 13.6. The Balaban J connectivity index is 1.50. The summed E-state index contributed by atoms with van der Waals surface area (Å²) in [7, 11) is 0. The van der Waals surface area contributed by atoms with E-state index in [1.54, 1.807) is 34.9 Å². The first-order valence-corrected chi connectivity index (χ1v) is 10.1. The summed E-state index contributed by atoms with van der Waals surface area (Å²) in [5, 5.41) is 3.30. The molecule has 1 aliphatic rings. The molecule has 6 nitrogen and oxygen atoms in total. The van der Waals surface area contributed by atoms with Gasteiger partial charge < -0.3 is 10.1 Å². The van der Waals surface area contributed by atoms with E-state index in [0.29, 0.717) is 28.9 Å². The van der Waals surface area contributed by atoms with Gasteiger partial charge in [0.2, 0.25) is 0 Å². The van der Waals surface area contributed by atoms with E-state index in [4.69, 9.17) is 4.74 Å². The number of nitrogens with one attached hydrogen (secondary N) is 1. The van der Waals surface area contributed by atoms with Crippen LogP contribution in [0.15, 0.2) is 51.7 Å². The highest BCUT2D eigenvalue weighted by molar-refractivity contribution is 9.10. The number of rotatable bonds is 4. The van der Waals surface area contributed by atoms with Gasteiger partial charge in [-0.3, -0.25) is 14.2 Å². The smallest absolute Gasteiger partial charge is 0.262 e. The largest absolute Gasteiger partial charge is 0.484 e. The Labute approximate surface area is 170 Å². The van der Waals surface area contributed by atoms with E-state index in [-0.39, 0.29) is 18.1 Å². The minimum atomic E-state index is -0.265. The van der Waals surface area contributed by atoms with Crippen LogP contribution < -0.4 is 15.6 Å². The summed E-state index contributed by atoms with van der Waals surface area (Å²) in [6.07, 6.45) is 4.00. The van der Waals surface area contributed by atoms with Gasteiger partial charge in [0.25, 0.3) is 11.5 Å². The normalized spacial score (nSPS) is 13.6. The third kappa shape index (κ3) is 4.09. The van der Waals surface area contributed by atoms with Crippen molar-refractivity contribution in [3.05, 3.63) is 63.1 Å². The molecule has 0 saturated heterocycles. The fourth-order valence-electron chi connectivity index (χ4n) is 3.37. The quantitative estimate of drug-likeness (QED) is 0.665. The van der Waals surface area contributed by atoms with Gasteiger partial charge in [-0.2, -0.15) is 0 Å². The number of aryl methyl sites for hydroxylation is 1.